The Balaban J connectivity index is 2.04. The molecule has 0 atom stereocenters. The molecule has 21 heavy (non-hydrogen) atoms. The number of hydrogen-bond acceptors (Lipinski definition) is 4. The van der Waals surface area contributed by atoms with Gasteiger partial charge in [-0.2, -0.15) is 5.10 Å². The lowest BCUT2D eigenvalue weighted by Crippen LogP contribution is -2.07. The second-order valence-corrected chi connectivity index (χ2v) is 4.81. The van der Waals surface area contributed by atoms with Crippen molar-refractivity contribution >= 4 is 16.6 Å². The van der Waals surface area contributed by atoms with Crippen molar-refractivity contribution in [1.82, 2.24) is 14.8 Å². The van der Waals surface area contributed by atoms with Crippen LogP contribution in [0.25, 0.3) is 10.8 Å². The van der Waals surface area contributed by atoms with Crippen LogP contribution in [0.1, 0.15) is 23.1 Å². The number of benzene rings is 2. The van der Waals surface area contributed by atoms with Gasteiger partial charge in [-0.3, -0.25) is 9.48 Å². The van der Waals surface area contributed by atoms with Gasteiger partial charge in [0.15, 0.2) is 11.6 Å². The Bertz CT molecular complexity index is 808. The summed E-state index contributed by atoms with van der Waals surface area (Å²) in [7, 11) is 1.81. The molecule has 106 valence electrons. The summed E-state index contributed by atoms with van der Waals surface area (Å²) in [6.45, 7) is 1.81. The second-order valence-electron chi connectivity index (χ2n) is 4.81. The van der Waals surface area contributed by atoms with Crippen molar-refractivity contribution in [2.24, 2.45) is 7.05 Å². The molecule has 0 saturated carbocycles. The molecule has 0 bridgehead atoms. The molecule has 3 rings (SSSR count). The van der Waals surface area contributed by atoms with E-state index in [9.17, 15) is 4.79 Å². The fraction of sp³-hybridized carbons (Fsp3) is 0.188. The zero-order chi connectivity index (χ0) is 14.8. The lowest BCUT2D eigenvalue weighted by atomic mass is 10.0. The fourth-order valence-electron chi connectivity index (χ4n) is 2.26. The SMILES string of the molecule is CC(=O)c1ccc2ccccc2c1OCc1ncnn1C. The van der Waals surface area contributed by atoms with Crippen LogP contribution in [-0.2, 0) is 13.7 Å². The van der Waals surface area contributed by atoms with Crippen molar-refractivity contribution in [2.75, 3.05) is 0 Å². The molecule has 0 amide bonds. The van der Waals surface area contributed by atoms with Gasteiger partial charge in [0.05, 0.1) is 5.56 Å². The van der Waals surface area contributed by atoms with E-state index in [1.54, 1.807) is 24.7 Å². The Labute approximate surface area is 122 Å². The molecule has 0 N–H and O–H groups in total. The van der Waals surface area contributed by atoms with Crippen LogP contribution in [0.15, 0.2) is 42.7 Å². The highest BCUT2D eigenvalue weighted by molar-refractivity contribution is 6.03. The van der Waals surface area contributed by atoms with Crippen LogP contribution >= 0.6 is 0 Å². The summed E-state index contributed by atoms with van der Waals surface area (Å²) in [5.41, 5.74) is 0.580. The maximum absolute atomic E-state index is 11.8. The quantitative estimate of drug-likeness (QED) is 0.690. The second kappa shape index (κ2) is 5.36. The van der Waals surface area contributed by atoms with Crippen molar-refractivity contribution in [3.8, 4) is 5.75 Å². The molecule has 2 aromatic carbocycles. The molecule has 0 fully saturated rings. The van der Waals surface area contributed by atoms with E-state index in [0.717, 1.165) is 10.8 Å². The molecule has 0 aliphatic rings. The number of carbonyl (C=O) groups excluding carboxylic acids is 1. The third kappa shape index (κ3) is 2.50. The van der Waals surface area contributed by atoms with Crippen LogP contribution < -0.4 is 4.74 Å². The smallest absolute Gasteiger partial charge is 0.164 e. The third-order valence-electron chi connectivity index (χ3n) is 3.41. The van der Waals surface area contributed by atoms with Gasteiger partial charge in [-0.15, -0.1) is 0 Å². The molecule has 0 spiro atoms. The predicted molar refractivity (Wildman–Crippen MR) is 79.3 cm³/mol. The number of aryl methyl sites for hydroxylation is 1. The highest BCUT2D eigenvalue weighted by atomic mass is 16.5. The van der Waals surface area contributed by atoms with Crippen LogP contribution in [-0.4, -0.2) is 20.5 Å². The van der Waals surface area contributed by atoms with Crippen molar-refractivity contribution < 1.29 is 9.53 Å². The Morgan fingerprint density at radius 1 is 1.24 bits per heavy atom. The van der Waals surface area contributed by atoms with E-state index in [-0.39, 0.29) is 12.4 Å². The van der Waals surface area contributed by atoms with E-state index in [1.165, 1.54) is 6.33 Å². The first-order chi connectivity index (χ1) is 10.2. The summed E-state index contributed by atoms with van der Waals surface area (Å²) < 4.78 is 7.54. The lowest BCUT2D eigenvalue weighted by molar-refractivity contribution is 0.101. The van der Waals surface area contributed by atoms with Gasteiger partial charge >= 0.3 is 0 Å². The summed E-state index contributed by atoms with van der Waals surface area (Å²) in [6.07, 6.45) is 1.48. The van der Waals surface area contributed by atoms with E-state index in [4.69, 9.17) is 4.74 Å². The molecule has 1 aromatic heterocycles. The number of ether oxygens (including phenoxy) is 1. The van der Waals surface area contributed by atoms with Crippen LogP contribution in [0.3, 0.4) is 0 Å². The Kier molecular flexibility index (Phi) is 3.39. The average Bonchev–Trinajstić information content (AvgIpc) is 2.89. The normalized spacial score (nSPS) is 10.8. The highest BCUT2D eigenvalue weighted by Crippen LogP contribution is 2.30. The molecule has 0 aliphatic heterocycles. The van der Waals surface area contributed by atoms with Gasteiger partial charge in [0.25, 0.3) is 0 Å². The fourth-order valence-corrected chi connectivity index (χ4v) is 2.26. The summed E-state index contributed by atoms with van der Waals surface area (Å²) in [5, 5.41) is 5.97. The third-order valence-corrected chi connectivity index (χ3v) is 3.41. The molecule has 0 unspecified atom stereocenters. The molecule has 3 aromatic rings. The summed E-state index contributed by atoms with van der Waals surface area (Å²) in [6, 6.07) is 11.6. The van der Waals surface area contributed by atoms with Gasteiger partial charge in [0.2, 0.25) is 0 Å². The number of Topliss-reactive ketones (excluding diaryl/α,β-unsaturated/α-hetero) is 1. The van der Waals surface area contributed by atoms with Crippen molar-refractivity contribution in [3.63, 3.8) is 0 Å². The van der Waals surface area contributed by atoms with Crippen LogP contribution in [0.5, 0.6) is 5.75 Å². The van der Waals surface area contributed by atoms with Crippen LogP contribution in [0.4, 0.5) is 0 Å². The van der Waals surface area contributed by atoms with E-state index >= 15 is 0 Å². The van der Waals surface area contributed by atoms with Crippen LogP contribution in [0.2, 0.25) is 0 Å². The maximum atomic E-state index is 11.8. The monoisotopic (exact) mass is 281 g/mol. The first-order valence-electron chi connectivity index (χ1n) is 6.65. The number of carbonyl (C=O) groups is 1. The molecule has 0 aliphatic carbocycles. The molecule has 0 radical (unpaired) electrons. The molecule has 1 heterocycles. The van der Waals surface area contributed by atoms with Crippen LogP contribution in [0, 0.1) is 0 Å². The number of aromatic nitrogens is 3. The van der Waals surface area contributed by atoms with Gasteiger partial charge in [-0.05, 0) is 18.4 Å². The number of nitrogens with zero attached hydrogens (tertiary/aromatic N) is 3. The van der Waals surface area contributed by atoms with E-state index in [1.807, 2.05) is 30.3 Å². The molecular weight excluding hydrogens is 266 g/mol. The maximum Gasteiger partial charge on any atom is 0.164 e. The van der Waals surface area contributed by atoms with Crippen molar-refractivity contribution in [1.29, 1.82) is 0 Å². The number of ketones is 1. The summed E-state index contributed by atoms with van der Waals surface area (Å²) in [5.74, 6) is 1.29. The molecular formula is C16H15N3O2. The van der Waals surface area contributed by atoms with Crippen molar-refractivity contribution in [3.05, 3.63) is 54.1 Å². The largest absolute Gasteiger partial charge is 0.484 e. The predicted octanol–water partition coefficient (Wildman–Crippen LogP) is 2.75. The summed E-state index contributed by atoms with van der Waals surface area (Å²) in [4.78, 5) is 16.0. The first kappa shape index (κ1) is 13.3. The van der Waals surface area contributed by atoms with E-state index < -0.39 is 0 Å². The van der Waals surface area contributed by atoms with Gasteiger partial charge in [-0.1, -0.05) is 30.3 Å². The Hall–Kier alpha value is -2.69. The molecule has 5 nitrogen and oxygen atoms in total. The highest BCUT2D eigenvalue weighted by Gasteiger charge is 2.13. The first-order valence-corrected chi connectivity index (χ1v) is 6.65. The topological polar surface area (TPSA) is 57.0 Å². The summed E-state index contributed by atoms with van der Waals surface area (Å²) >= 11 is 0. The minimum Gasteiger partial charge on any atom is -0.484 e. The number of fused-ring (bicyclic) bond motifs is 1. The standard InChI is InChI=1S/C16H15N3O2/c1-11(20)13-8-7-12-5-3-4-6-14(12)16(13)21-9-15-17-10-18-19(15)2/h3-8,10H,9H2,1-2H3. The zero-order valence-corrected chi connectivity index (χ0v) is 11.9. The Morgan fingerprint density at radius 3 is 2.76 bits per heavy atom. The van der Waals surface area contributed by atoms with Gasteiger partial charge in [0.1, 0.15) is 18.7 Å². The number of hydrogen-bond donors (Lipinski definition) is 0. The number of rotatable bonds is 4. The van der Waals surface area contributed by atoms with Gasteiger partial charge in [0, 0.05) is 12.4 Å². The minimum atomic E-state index is -0.0197. The van der Waals surface area contributed by atoms with Crippen molar-refractivity contribution in [2.45, 2.75) is 13.5 Å². The average molecular weight is 281 g/mol. The minimum absolute atomic E-state index is 0.0197. The molecule has 0 saturated heterocycles. The lowest BCUT2D eigenvalue weighted by Gasteiger charge is -2.12. The molecule has 5 heteroatoms. The van der Waals surface area contributed by atoms with E-state index in [2.05, 4.69) is 10.1 Å². The van der Waals surface area contributed by atoms with Gasteiger partial charge in [-0.25, -0.2) is 4.98 Å². The van der Waals surface area contributed by atoms with Gasteiger partial charge < -0.3 is 4.74 Å². The Morgan fingerprint density at radius 2 is 2.05 bits per heavy atom. The van der Waals surface area contributed by atoms with E-state index in [0.29, 0.717) is 17.1 Å². The zero-order valence-electron chi connectivity index (χ0n) is 11.9.